The minimum atomic E-state index is 0.212. The fraction of sp³-hybridized carbons (Fsp3) is 0.650. The molecule has 2 atom stereocenters. The predicted molar refractivity (Wildman–Crippen MR) is 98.2 cm³/mol. The average Bonchev–Trinajstić information content (AvgIpc) is 2.50. The van der Waals surface area contributed by atoms with E-state index < -0.39 is 0 Å². The predicted octanol–water partition coefficient (Wildman–Crippen LogP) is 4.44. The van der Waals surface area contributed by atoms with Crippen molar-refractivity contribution < 1.29 is 9.53 Å². The molecule has 0 heterocycles. The first-order chi connectivity index (χ1) is 11.5. The number of nitrogens with one attached hydrogen (secondary N) is 1. The van der Waals surface area contributed by atoms with Crippen molar-refractivity contribution in [2.75, 3.05) is 7.11 Å². The lowest BCUT2D eigenvalue weighted by molar-refractivity contribution is -0.128. The number of methoxy groups -OCH3 is 1. The lowest BCUT2D eigenvalue weighted by Gasteiger charge is -2.60. The molecule has 1 N–H and O–H groups in total. The Morgan fingerprint density at radius 3 is 2.46 bits per heavy atom. The maximum absolute atomic E-state index is 12.6. The Morgan fingerprint density at radius 1 is 1.21 bits per heavy atom. The van der Waals surface area contributed by atoms with Gasteiger partial charge in [0.05, 0.1) is 7.11 Å². The largest absolute Gasteiger partial charge is 0.497 e. The summed E-state index contributed by atoms with van der Waals surface area (Å²) in [4.78, 5) is 12.6. The number of ether oxygens (including phenoxy) is 1. The van der Waals surface area contributed by atoms with Crippen molar-refractivity contribution >= 4 is 21.8 Å². The highest BCUT2D eigenvalue weighted by molar-refractivity contribution is 9.10. The number of rotatable bonds is 5. The zero-order valence-corrected chi connectivity index (χ0v) is 15.9. The Bertz CT molecular complexity index is 613. The SMILES string of the molecule is COc1ccc(CNC(=O)CC23CC4CC(CC(Br)(C4)C2)C3)cc1. The standard InChI is InChI=1S/C20H26BrNO2/c1-24-17-4-2-14(3-5-17)12-22-18(23)11-19-7-15-6-16(8-19)10-20(21,9-15)13-19/h2-5,15-16H,6-13H2,1H3,(H,22,23). The molecule has 4 fully saturated rings. The van der Waals surface area contributed by atoms with Crippen LogP contribution in [0.15, 0.2) is 24.3 Å². The number of hydrogen-bond donors (Lipinski definition) is 1. The molecule has 5 rings (SSSR count). The topological polar surface area (TPSA) is 38.3 Å². The third kappa shape index (κ3) is 3.22. The molecule has 0 saturated heterocycles. The van der Waals surface area contributed by atoms with Crippen LogP contribution < -0.4 is 10.1 Å². The molecule has 24 heavy (non-hydrogen) atoms. The van der Waals surface area contributed by atoms with Gasteiger partial charge < -0.3 is 10.1 Å². The van der Waals surface area contributed by atoms with Gasteiger partial charge in [-0.2, -0.15) is 0 Å². The van der Waals surface area contributed by atoms with Gasteiger partial charge in [-0.3, -0.25) is 4.79 Å². The summed E-state index contributed by atoms with van der Waals surface area (Å²) in [5.41, 5.74) is 1.36. The molecule has 4 heteroatoms. The Hall–Kier alpha value is -1.03. The molecule has 0 radical (unpaired) electrons. The first-order valence-electron chi connectivity index (χ1n) is 9.06. The number of benzene rings is 1. The molecule has 4 saturated carbocycles. The van der Waals surface area contributed by atoms with Gasteiger partial charge in [-0.15, -0.1) is 0 Å². The third-order valence-corrected chi connectivity index (χ3v) is 7.22. The van der Waals surface area contributed by atoms with Gasteiger partial charge in [-0.1, -0.05) is 28.1 Å². The number of carbonyl (C=O) groups is 1. The summed E-state index contributed by atoms with van der Waals surface area (Å²) in [6.07, 6.45) is 8.42. The highest BCUT2D eigenvalue weighted by Crippen LogP contribution is 2.65. The van der Waals surface area contributed by atoms with Crippen LogP contribution in [0, 0.1) is 17.3 Å². The second kappa shape index (κ2) is 6.05. The van der Waals surface area contributed by atoms with E-state index in [0.717, 1.165) is 23.1 Å². The Morgan fingerprint density at radius 2 is 1.88 bits per heavy atom. The van der Waals surface area contributed by atoms with Gasteiger partial charge in [-0.25, -0.2) is 0 Å². The molecule has 4 bridgehead atoms. The van der Waals surface area contributed by atoms with Gasteiger partial charge in [-0.05, 0) is 73.5 Å². The van der Waals surface area contributed by atoms with Gasteiger partial charge in [0.15, 0.2) is 0 Å². The fourth-order valence-electron chi connectivity index (χ4n) is 5.89. The Kier molecular flexibility index (Phi) is 4.14. The van der Waals surface area contributed by atoms with E-state index in [4.69, 9.17) is 4.74 Å². The zero-order valence-electron chi connectivity index (χ0n) is 14.3. The van der Waals surface area contributed by atoms with E-state index in [1.165, 1.54) is 38.5 Å². The number of carbonyl (C=O) groups excluding carboxylic acids is 1. The van der Waals surface area contributed by atoms with Crippen LogP contribution in [0.5, 0.6) is 5.75 Å². The lowest BCUT2D eigenvalue weighted by atomic mass is 9.48. The number of amides is 1. The van der Waals surface area contributed by atoms with Crippen LogP contribution in [0.3, 0.4) is 0 Å². The summed E-state index contributed by atoms with van der Waals surface area (Å²) in [7, 11) is 1.67. The molecule has 4 aliphatic carbocycles. The van der Waals surface area contributed by atoms with Crippen molar-refractivity contribution in [2.45, 2.75) is 55.8 Å². The van der Waals surface area contributed by atoms with Crippen LogP contribution >= 0.6 is 15.9 Å². The molecule has 0 aromatic heterocycles. The average molecular weight is 392 g/mol. The number of alkyl halides is 1. The van der Waals surface area contributed by atoms with E-state index >= 15 is 0 Å². The van der Waals surface area contributed by atoms with E-state index in [2.05, 4.69) is 21.2 Å². The van der Waals surface area contributed by atoms with E-state index in [9.17, 15) is 4.79 Å². The minimum absolute atomic E-state index is 0.212. The first-order valence-corrected chi connectivity index (χ1v) is 9.85. The second-order valence-electron chi connectivity index (χ2n) is 8.41. The van der Waals surface area contributed by atoms with Crippen LogP contribution in [-0.2, 0) is 11.3 Å². The molecule has 1 aromatic rings. The van der Waals surface area contributed by atoms with Gasteiger partial charge >= 0.3 is 0 Å². The monoisotopic (exact) mass is 391 g/mol. The van der Waals surface area contributed by atoms with E-state index in [0.29, 0.717) is 17.3 Å². The van der Waals surface area contributed by atoms with Crippen molar-refractivity contribution in [3.05, 3.63) is 29.8 Å². The van der Waals surface area contributed by atoms with E-state index in [1.54, 1.807) is 7.11 Å². The second-order valence-corrected chi connectivity index (χ2v) is 10.1. The smallest absolute Gasteiger partial charge is 0.220 e. The summed E-state index contributed by atoms with van der Waals surface area (Å²) in [5.74, 6) is 2.73. The summed E-state index contributed by atoms with van der Waals surface area (Å²) >= 11 is 4.03. The molecule has 3 nitrogen and oxygen atoms in total. The molecular weight excluding hydrogens is 366 g/mol. The Labute approximate surface area is 152 Å². The first kappa shape index (κ1) is 16.4. The van der Waals surface area contributed by atoms with Crippen molar-refractivity contribution in [2.24, 2.45) is 17.3 Å². The van der Waals surface area contributed by atoms with Gasteiger partial charge in [0.2, 0.25) is 5.91 Å². The van der Waals surface area contributed by atoms with Gasteiger partial charge in [0, 0.05) is 17.3 Å². The normalized spacial score (nSPS) is 36.6. The maximum Gasteiger partial charge on any atom is 0.220 e. The van der Waals surface area contributed by atoms with Crippen molar-refractivity contribution in [3.63, 3.8) is 0 Å². The highest BCUT2D eigenvalue weighted by Gasteiger charge is 2.57. The maximum atomic E-state index is 12.6. The fourth-order valence-corrected chi connectivity index (χ4v) is 7.40. The van der Waals surface area contributed by atoms with Crippen molar-refractivity contribution in [1.29, 1.82) is 0 Å². The van der Waals surface area contributed by atoms with E-state index in [-0.39, 0.29) is 11.3 Å². The lowest BCUT2D eigenvalue weighted by Crippen LogP contribution is -2.54. The van der Waals surface area contributed by atoms with Gasteiger partial charge in [0.25, 0.3) is 0 Å². The number of hydrogen-bond acceptors (Lipinski definition) is 2. The summed E-state index contributed by atoms with van der Waals surface area (Å²) in [6.45, 7) is 0.602. The van der Waals surface area contributed by atoms with Crippen LogP contribution in [0.2, 0.25) is 0 Å². The molecule has 1 amide bonds. The molecular formula is C20H26BrNO2. The van der Waals surface area contributed by atoms with Crippen LogP contribution in [0.4, 0.5) is 0 Å². The van der Waals surface area contributed by atoms with Crippen LogP contribution in [-0.4, -0.2) is 17.3 Å². The molecule has 2 unspecified atom stereocenters. The molecule has 1 aromatic carbocycles. The van der Waals surface area contributed by atoms with Crippen LogP contribution in [0.25, 0.3) is 0 Å². The summed E-state index contributed by atoms with van der Waals surface area (Å²) in [5, 5.41) is 3.13. The molecule has 130 valence electrons. The minimum Gasteiger partial charge on any atom is -0.497 e. The highest BCUT2D eigenvalue weighted by atomic mass is 79.9. The third-order valence-electron chi connectivity index (χ3n) is 6.30. The van der Waals surface area contributed by atoms with E-state index in [1.807, 2.05) is 24.3 Å². The van der Waals surface area contributed by atoms with Gasteiger partial charge in [0.1, 0.15) is 5.75 Å². The number of halogens is 1. The summed E-state index contributed by atoms with van der Waals surface area (Å²) in [6, 6.07) is 7.90. The van der Waals surface area contributed by atoms with Crippen molar-refractivity contribution in [3.8, 4) is 5.75 Å². The summed E-state index contributed by atoms with van der Waals surface area (Å²) < 4.78 is 5.50. The zero-order chi connectivity index (χ0) is 16.8. The van der Waals surface area contributed by atoms with Crippen LogP contribution in [0.1, 0.15) is 50.5 Å². The molecule has 0 spiro atoms. The van der Waals surface area contributed by atoms with Crippen molar-refractivity contribution in [1.82, 2.24) is 5.32 Å². The molecule has 0 aliphatic heterocycles. The quantitative estimate of drug-likeness (QED) is 0.753. The molecule has 4 aliphatic rings. The Balaban J connectivity index is 1.36.